The molecule has 0 aliphatic carbocycles. The summed E-state index contributed by atoms with van der Waals surface area (Å²) in [6.07, 6.45) is 1.29. The maximum Gasteiger partial charge on any atom is 0.157 e. The number of thioether (sulfide) groups is 1. The van der Waals surface area contributed by atoms with Gasteiger partial charge in [0.15, 0.2) is 5.17 Å². The second-order valence-corrected chi connectivity index (χ2v) is 6.66. The number of nitrogens with one attached hydrogen (secondary N) is 1. The summed E-state index contributed by atoms with van der Waals surface area (Å²) in [6, 6.07) is 10.6. The Labute approximate surface area is 118 Å². The van der Waals surface area contributed by atoms with Gasteiger partial charge in [-0.05, 0) is 25.8 Å². The molecule has 3 unspecified atom stereocenters. The lowest BCUT2D eigenvalue weighted by atomic mass is 9.95. The van der Waals surface area contributed by atoms with Gasteiger partial charge in [-0.3, -0.25) is 4.99 Å². The van der Waals surface area contributed by atoms with Crippen molar-refractivity contribution in [2.75, 3.05) is 13.2 Å². The highest BCUT2D eigenvalue weighted by molar-refractivity contribution is 8.14. The van der Waals surface area contributed by atoms with Crippen molar-refractivity contribution in [2.45, 2.75) is 37.2 Å². The minimum atomic E-state index is 0.0252. The van der Waals surface area contributed by atoms with E-state index in [0.29, 0.717) is 5.25 Å². The number of ether oxygens (including phenoxy) is 1. The minimum absolute atomic E-state index is 0.0252. The van der Waals surface area contributed by atoms with E-state index in [1.165, 1.54) is 5.56 Å². The summed E-state index contributed by atoms with van der Waals surface area (Å²) in [5.41, 5.74) is 1.38. The van der Waals surface area contributed by atoms with Crippen LogP contribution in [0.3, 0.4) is 0 Å². The van der Waals surface area contributed by atoms with Crippen molar-refractivity contribution in [1.29, 1.82) is 0 Å². The first-order valence-corrected chi connectivity index (χ1v) is 7.71. The Hall–Kier alpha value is -1.00. The fourth-order valence-corrected chi connectivity index (χ4v) is 3.68. The maximum absolute atomic E-state index is 5.66. The topological polar surface area (TPSA) is 33.6 Å². The van der Waals surface area contributed by atoms with Gasteiger partial charge in [0.05, 0.1) is 23.4 Å². The molecular weight excluding hydrogens is 256 g/mol. The molecule has 1 aromatic carbocycles. The maximum atomic E-state index is 5.66. The zero-order chi connectivity index (χ0) is 13.3. The molecule has 0 radical (unpaired) electrons. The van der Waals surface area contributed by atoms with Gasteiger partial charge in [0.1, 0.15) is 0 Å². The second-order valence-electron chi connectivity index (χ2n) is 5.47. The van der Waals surface area contributed by atoms with Crippen LogP contribution in [0.2, 0.25) is 0 Å². The van der Waals surface area contributed by atoms with Gasteiger partial charge < -0.3 is 10.1 Å². The van der Waals surface area contributed by atoms with E-state index < -0.39 is 0 Å². The summed E-state index contributed by atoms with van der Waals surface area (Å²) in [7, 11) is 0. The predicted molar refractivity (Wildman–Crippen MR) is 80.6 cm³/mol. The zero-order valence-corrected chi connectivity index (χ0v) is 12.2. The predicted octanol–water partition coefficient (Wildman–Crippen LogP) is 2.99. The molecule has 3 nitrogen and oxygen atoms in total. The van der Waals surface area contributed by atoms with Crippen molar-refractivity contribution in [3.8, 4) is 0 Å². The Bertz CT molecular complexity index is 476. The van der Waals surface area contributed by atoms with E-state index in [-0.39, 0.29) is 11.6 Å². The highest BCUT2D eigenvalue weighted by Crippen LogP contribution is 2.36. The minimum Gasteiger partial charge on any atom is -0.376 e. The third-order valence-electron chi connectivity index (χ3n) is 4.10. The van der Waals surface area contributed by atoms with Crippen molar-refractivity contribution in [3.05, 3.63) is 35.9 Å². The third kappa shape index (κ3) is 2.65. The van der Waals surface area contributed by atoms with Crippen LogP contribution in [-0.2, 0) is 4.74 Å². The molecule has 2 aliphatic heterocycles. The fourth-order valence-electron chi connectivity index (χ4n) is 2.53. The summed E-state index contributed by atoms with van der Waals surface area (Å²) in [4.78, 5) is 4.65. The average Bonchev–Trinajstić information content (AvgIpc) is 2.99. The lowest BCUT2D eigenvalue weighted by Crippen LogP contribution is -2.49. The van der Waals surface area contributed by atoms with Crippen LogP contribution in [0.15, 0.2) is 35.3 Å². The second kappa shape index (κ2) is 5.17. The highest BCUT2D eigenvalue weighted by Gasteiger charge is 2.38. The molecular formula is C15H20N2OS. The first-order valence-electron chi connectivity index (χ1n) is 6.83. The van der Waals surface area contributed by atoms with E-state index in [4.69, 9.17) is 4.74 Å². The Morgan fingerprint density at radius 2 is 2.16 bits per heavy atom. The van der Waals surface area contributed by atoms with Gasteiger partial charge in [-0.25, -0.2) is 0 Å². The molecule has 2 aliphatic rings. The third-order valence-corrected chi connectivity index (χ3v) is 5.27. The fraction of sp³-hybridized carbons (Fsp3) is 0.533. The summed E-state index contributed by atoms with van der Waals surface area (Å²) < 4.78 is 5.66. The van der Waals surface area contributed by atoms with Crippen LogP contribution >= 0.6 is 11.8 Å². The first kappa shape index (κ1) is 13.0. The normalized spacial score (nSPS) is 34.3. The molecule has 0 spiro atoms. The smallest absolute Gasteiger partial charge is 0.157 e. The molecule has 3 atom stereocenters. The van der Waals surface area contributed by atoms with Gasteiger partial charge in [0.2, 0.25) is 0 Å². The van der Waals surface area contributed by atoms with Gasteiger partial charge in [-0.1, -0.05) is 42.1 Å². The van der Waals surface area contributed by atoms with E-state index >= 15 is 0 Å². The molecule has 1 aromatic rings. The Balaban J connectivity index is 1.63. The van der Waals surface area contributed by atoms with Crippen LogP contribution < -0.4 is 5.32 Å². The lowest BCUT2D eigenvalue weighted by molar-refractivity contribution is 0.0951. The zero-order valence-electron chi connectivity index (χ0n) is 11.4. The van der Waals surface area contributed by atoms with E-state index in [1.54, 1.807) is 0 Å². The van der Waals surface area contributed by atoms with Crippen molar-refractivity contribution in [1.82, 2.24) is 5.32 Å². The van der Waals surface area contributed by atoms with E-state index in [0.717, 1.165) is 24.7 Å². The van der Waals surface area contributed by atoms with Crippen LogP contribution in [-0.4, -0.2) is 30.0 Å². The number of nitrogens with zero attached hydrogens (tertiary/aromatic N) is 1. The lowest BCUT2D eigenvalue weighted by Gasteiger charge is -2.29. The first-order chi connectivity index (χ1) is 9.17. The van der Waals surface area contributed by atoms with Crippen LogP contribution in [0, 0.1) is 0 Å². The van der Waals surface area contributed by atoms with Crippen molar-refractivity contribution >= 4 is 16.9 Å². The number of benzene rings is 1. The van der Waals surface area contributed by atoms with E-state index in [9.17, 15) is 0 Å². The van der Waals surface area contributed by atoms with Gasteiger partial charge in [0, 0.05) is 6.61 Å². The average molecular weight is 276 g/mol. The molecule has 0 aromatic heterocycles. The van der Waals surface area contributed by atoms with E-state index in [2.05, 4.69) is 54.5 Å². The van der Waals surface area contributed by atoms with Crippen molar-refractivity contribution in [3.63, 3.8) is 0 Å². The van der Waals surface area contributed by atoms with Gasteiger partial charge in [0.25, 0.3) is 0 Å². The molecule has 1 fully saturated rings. The summed E-state index contributed by atoms with van der Waals surface area (Å²) in [6.45, 7) is 6.06. The van der Waals surface area contributed by atoms with Crippen LogP contribution in [0.4, 0.5) is 0 Å². The number of rotatable bonds is 2. The van der Waals surface area contributed by atoms with E-state index in [1.807, 2.05) is 11.8 Å². The molecule has 0 bridgehead atoms. The largest absolute Gasteiger partial charge is 0.376 e. The summed E-state index contributed by atoms with van der Waals surface area (Å²) >= 11 is 1.83. The summed E-state index contributed by atoms with van der Waals surface area (Å²) in [5, 5.41) is 5.10. The van der Waals surface area contributed by atoms with Gasteiger partial charge >= 0.3 is 0 Å². The Kier molecular flexibility index (Phi) is 3.54. The molecule has 102 valence electrons. The highest BCUT2D eigenvalue weighted by atomic mass is 32.2. The van der Waals surface area contributed by atoms with Crippen LogP contribution in [0.1, 0.15) is 31.1 Å². The summed E-state index contributed by atoms with van der Waals surface area (Å²) in [5.74, 6) is 0. The Morgan fingerprint density at radius 3 is 2.84 bits per heavy atom. The molecule has 19 heavy (non-hydrogen) atoms. The SMILES string of the molecule is CC1OCCC1(C)NC1=NCC(c2ccccc2)S1. The molecule has 4 heteroatoms. The van der Waals surface area contributed by atoms with Crippen LogP contribution in [0.25, 0.3) is 0 Å². The molecule has 1 N–H and O–H groups in total. The quantitative estimate of drug-likeness (QED) is 0.901. The Morgan fingerprint density at radius 1 is 1.37 bits per heavy atom. The van der Waals surface area contributed by atoms with Crippen molar-refractivity contribution in [2.24, 2.45) is 4.99 Å². The van der Waals surface area contributed by atoms with Crippen molar-refractivity contribution < 1.29 is 4.74 Å². The standard InChI is InChI=1S/C15H20N2OS/c1-11-15(2,8-9-18-11)17-14-16-10-13(19-14)12-6-4-3-5-7-12/h3-7,11,13H,8-10H2,1-2H3,(H,16,17). The number of hydrogen-bond acceptors (Lipinski definition) is 4. The number of hydrogen-bond donors (Lipinski definition) is 1. The number of amidine groups is 1. The molecule has 2 heterocycles. The monoisotopic (exact) mass is 276 g/mol. The molecule has 0 saturated carbocycles. The van der Waals surface area contributed by atoms with Crippen LogP contribution in [0.5, 0.6) is 0 Å². The molecule has 0 amide bonds. The van der Waals surface area contributed by atoms with Gasteiger partial charge in [-0.2, -0.15) is 0 Å². The molecule has 3 rings (SSSR count). The molecule has 1 saturated heterocycles. The number of aliphatic imine (C=N–C) groups is 1. The van der Waals surface area contributed by atoms with Gasteiger partial charge in [-0.15, -0.1) is 0 Å².